The van der Waals surface area contributed by atoms with Gasteiger partial charge in [-0.15, -0.1) is 0 Å². The van der Waals surface area contributed by atoms with Crippen LogP contribution in [0.2, 0.25) is 0 Å². The molecule has 0 aromatic carbocycles. The fourth-order valence-corrected chi connectivity index (χ4v) is 4.35. The Hall–Kier alpha value is -0.180. The second kappa shape index (κ2) is 6.67. The molecule has 1 heterocycles. The van der Waals surface area contributed by atoms with Crippen molar-refractivity contribution in [3.8, 4) is 0 Å². The van der Waals surface area contributed by atoms with E-state index in [1.54, 1.807) is 0 Å². The molecule has 1 N–H and O–H groups in total. The van der Waals surface area contributed by atoms with E-state index < -0.39 is 0 Å². The third kappa shape index (κ3) is 3.64. The minimum absolute atomic E-state index is 0.704. The van der Waals surface area contributed by atoms with Crippen molar-refractivity contribution < 1.29 is 0 Å². The van der Waals surface area contributed by atoms with Crippen molar-refractivity contribution in [2.75, 3.05) is 6.54 Å². The fraction of sp³-hybridized carbons (Fsp3) is 0.929. The minimum atomic E-state index is 0.704. The molecule has 1 unspecified atom stereocenters. The average Bonchev–Trinajstić information content (AvgIpc) is 2.81. The highest BCUT2D eigenvalue weighted by Gasteiger charge is 2.27. The van der Waals surface area contributed by atoms with Crippen LogP contribution in [0.15, 0.2) is 4.99 Å². The predicted molar refractivity (Wildman–Crippen MR) is 77.8 cm³/mol. The summed E-state index contributed by atoms with van der Waals surface area (Å²) < 4.78 is 0. The summed E-state index contributed by atoms with van der Waals surface area (Å²) in [6.07, 6.45) is 9.48. The molecule has 1 aliphatic heterocycles. The van der Waals surface area contributed by atoms with Gasteiger partial charge < -0.3 is 5.32 Å². The number of amidine groups is 1. The maximum Gasteiger partial charge on any atom is 0.157 e. The van der Waals surface area contributed by atoms with Gasteiger partial charge in [0.1, 0.15) is 0 Å². The smallest absolute Gasteiger partial charge is 0.157 e. The van der Waals surface area contributed by atoms with Crippen molar-refractivity contribution >= 4 is 16.9 Å². The number of thioether (sulfide) groups is 1. The Labute approximate surface area is 110 Å². The van der Waals surface area contributed by atoms with Crippen molar-refractivity contribution in [1.29, 1.82) is 0 Å². The van der Waals surface area contributed by atoms with Gasteiger partial charge in [0.25, 0.3) is 0 Å². The Balaban J connectivity index is 1.76. The molecule has 2 nitrogen and oxygen atoms in total. The second-order valence-electron chi connectivity index (χ2n) is 5.36. The van der Waals surface area contributed by atoms with E-state index in [9.17, 15) is 0 Å². The van der Waals surface area contributed by atoms with Gasteiger partial charge in [-0.05, 0) is 18.8 Å². The standard InChI is InChI=1S/C14H26N2S/c1-3-11(4-2)13-10-15-14(17-13)16-12-8-6-5-7-9-12/h11-13H,3-10H2,1-2H3,(H,15,16). The zero-order valence-corrected chi connectivity index (χ0v) is 12.1. The Morgan fingerprint density at radius 1 is 1.24 bits per heavy atom. The van der Waals surface area contributed by atoms with Crippen molar-refractivity contribution in [3.05, 3.63) is 0 Å². The fourth-order valence-electron chi connectivity index (χ4n) is 2.95. The summed E-state index contributed by atoms with van der Waals surface area (Å²) in [4.78, 5) is 4.70. The van der Waals surface area contributed by atoms with Gasteiger partial charge in [0.2, 0.25) is 0 Å². The highest BCUT2D eigenvalue weighted by molar-refractivity contribution is 8.14. The lowest BCUT2D eigenvalue weighted by Crippen LogP contribution is -2.34. The van der Waals surface area contributed by atoms with Crippen molar-refractivity contribution in [2.45, 2.75) is 70.1 Å². The SMILES string of the molecule is CCC(CC)C1CN=C(NC2CCCCC2)S1. The highest BCUT2D eigenvalue weighted by Crippen LogP contribution is 2.31. The summed E-state index contributed by atoms with van der Waals surface area (Å²) in [7, 11) is 0. The zero-order valence-electron chi connectivity index (χ0n) is 11.2. The molecule has 2 aliphatic rings. The van der Waals surface area contributed by atoms with Gasteiger partial charge in [-0.1, -0.05) is 57.7 Å². The third-order valence-electron chi connectivity index (χ3n) is 4.19. The monoisotopic (exact) mass is 254 g/mol. The van der Waals surface area contributed by atoms with Crippen LogP contribution in [-0.2, 0) is 0 Å². The summed E-state index contributed by atoms with van der Waals surface area (Å²) in [5, 5.41) is 5.63. The molecule has 2 rings (SSSR count). The van der Waals surface area contributed by atoms with Crippen LogP contribution >= 0.6 is 11.8 Å². The van der Waals surface area contributed by atoms with E-state index in [1.165, 1.54) is 50.1 Å². The predicted octanol–water partition coefficient (Wildman–Crippen LogP) is 3.82. The first kappa shape index (κ1) is 13.3. The van der Waals surface area contributed by atoms with E-state index >= 15 is 0 Å². The lowest BCUT2D eigenvalue weighted by Gasteiger charge is -2.24. The summed E-state index contributed by atoms with van der Waals surface area (Å²) in [5.74, 6) is 0.842. The molecule has 1 fully saturated rings. The van der Waals surface area contributed by atoms with Crippen molar-refractivity contribution in [1.82, 2.24) is 5.32 Å². The van der Waals surface area contributed by atoms with Crippen LogP contribution in [0.4, 0.5) is 0 Å². The Morgan fingerprint density at radius 3 is 2.59 bits per heavy atom. The highest BCUT2D eigenvalue weighted by atomic mass is 32.2. The van der Waals surface area contributed by atoms with Gasteiger partial charge in [-0.25, -0.2) is 0 Å². The topological polar surface area (TPSA) is 24.4 Å². The molecular formula is C14H26N2S. The number of nitrogens with zero attached hydrogens (tertiary/aromatic N) is 1. The van der Waals surface area contributed by atoms with E-state index in [2.05, 4.69) is 19.2 Å². The van der Waals surface area contributed by atoms with E-state index in [0.29, 0.717) is 6.04 Å². The van der Waals surface area contributed by atoms with Crippen LogP contribution in [-0.4, -0.2) is 23.0 Å². The molecule has 0 spiro atoms. The second-order valence-corrected chi connectivity index (χ2v) is 6.59. The van der Waals surface area contributed by atoms with E-state index in [0.717, 1.165) is 17.7 Å². The molecule has 98 valence electrons. The number of aliphatic imine (C=N–C) groups is 1. The molecule has 0 saturated heterocycles. The van der Waals surface area contributed by atoms with E-state index in [1.807, 2.05) is 11.8 Å². The number of hydrogen-bond donors (Lipinski definition) is 1. The lowest BCUT2D eigenvalue weighted by molar-refractivity contribution is 0.415. The van der Waals surface area contributed by atoms with Crippen LogP contribution in [0.3, 0.4) is 0 Å². The van der Waals surface area contributed by atoms with Crippen LogP contribution < -0.4 is 5.32 Å². The van der Waals surface area contributed by atoms with Crippen LogP contribution in [0, 0.1) is 5.92 Å². The first-order valence-corrected chi connectivity index (χ1v) is 8.19. The Bertz CT molecular complexity index is 255. The average molecular weight is 254 g/mol. The Morgan fingerprint density at radius 2 is 1.94 bits per heavy atom. The Kier molecular flexibility index (Phi) is 5.20. The number of hydrogen-bond acceptors (Lipinski definition) is 3. The van der Waals surface area contributed by atoms with Gasteiger partial charge in [0.05, 0.1) is 6.54 Å². The molecular weight excluding hydrogens is 228 g/mol. The molecule has 17 heavy (non-hydrogen) atoms. The first-order valence-electron chi connectivity index (χ1n) is 7.31. The van der Waals surface area contributed by atoms with E-state index in [4.69, 9.17) is 4.99 Å². The summed E-state index contributed by atoms with van der Waals surface area (Å²) in [5.41, 5.74) is 0. The normalized spacial score (nSPS) is 26.3. The summed E-state index contributed by atoms with van der Waals surface area (Å²) in [6.45, 7) is 5.65. The molecule has 1 aliphatic carbocycles. The molecule has 1 saturated carbocycles. The van der Waals surface area contributed by atoms with Crippen LogP contribution in [0.1, 0.15) is 58.8 Å². The zero-order chi connectivity index (χ0) is 12.1. The minimum Gasteiger partial charge on any atom is -0.362 e. The van der Waals surface area contributed by atoms with Gasteiger partial charge in [0, 0.05) is 11.3 Å². The quantitative estimate of drug-likeness (QED) is 0.825. The lowest BCUT2D eigenvalue weighted by atomic mass is 9.96. The molecule has 0 bridgehead atoms. The van der Waals surface area contributed by atoms with Crippen LogP contribution in [0.5, 0.6) is 0 Å². The molecule has 1 atom stereocenters. The van der Waals surface area contributed by atoms with Gasteiger partial charge in [-0.2, -0.15) is 0 Å². The largest absolute Gasteiger partial charge is 0.362 e. The molecule has 0 amide bonds. The summed E-state index contributed by atoms with van der Waals surface area (Å²) >= 11 is 2.00. The molecule has 0 aromatic heterocycles. The first-order chi connectivity index (χ1) is 8.33. The van der Waals surface area contributed by atoms with E-state index in [-0.39, 0.29) is 0 Å². The van der Waals surface area contributed by atoms with Crippen LogP contribution in [0.25, 0.3) is 0 Å². The molecule has 0 aromatic rings. The van der Waals surface area contributed by atoms with Gasteiger partial charge >= 0.3 is 0 Å². The van der Waals surface area contributed by atoms with Gasteiger partial charge in [-0.3, -0.25) is 4.99 Å². The maximum atomic E-state index is 4.70. The number of rotatable bonds is 4. The molecule has 0 radical (unpaired) electrons. The van der Waals surface area contributed by atoms with Gasteiger partial charge in [0.15, 0.2) is 5.17 Å². The van der Waals surface area contributed by atoms with Crippen molar-refractivity contribution in [2.24, 2.45) is 10.9 Å². The maximum absolute atomic E-state index is 4.70. The third-order valence-corrected chi connectivity index (χ3v) is 5.49. The number of nitrogens with one attached hydrogen (secondary N) is 1. The summed E-state index contributed by atoms with van der Waals surface area (Å²) in [6, 6.07) is 0.704. The molecule has 3 heteroatoms. The van der Waals surface area contributed by atoms with Crippen molar-refractivity contribution in [3.63, 3.8) is 0 Å².